The second-order valence-electron chi connectivity index (χ2n) is 3.33. The van der Waals surface area contributed by atoms with Crippen LogP contribution >= 0.6 is 0 Å². The first kappa shape index (κ1) is 13.7. The Morgan fingerprint density at radius 3 is 2.53 bits per heavy atom. The number of rotatable bonds is 4. The largest absolute Gasteiger partial charge is 0.554 e. The molecule has 0 bridgehead atoms. The summed E-state index contributed by atoms with van der Waals surface area (Å²) in [5.41, 5.74) is 0. The maximum absolute atomic E-state index is 8.25. The summed E-state index contributed by atoms with van der Waals surface area (Å²) < 4.78 is 4.63. The minimum atomic E-state index is -0.500. The van der Waals surface area contributed by atoms with E-state index >= 15 is 0 Å². The highest BCUT2D eigenvalue weighted by molar-refractivity contribution is 5.29. The maximum atomic E-state index is 8.25. The monoisotopic (exact) mass is 212 g/mol. The Labute approximate surface area is 91.2 Å². The molecule has 0 saturated heterocycles. The van der Waals surface area contributed by atoms with E-state index in [4.69, 9.17) is 9.90 Å². The fourth-order valence-corrected chi connectivity index (χ4v) is 1.50. The van der Waals surface area contributed by atoms with Crippen LogP contribution in [0.25, 0.3) is 0 Å². The van der Waals surface area contributed by atoms with Crippen molar-refractivity contribution in [2.75, 3.05) is 0 Å². The number of nitrogens with zero attached hydrogens (tertiary/aromatic N) is 2. The highest BCUT2D eigenvalue weighted by atomic mass is 16.3. The van der Waals surface area contributed by atoms with Crippen LogP contribution in [0.3, 0.4) is 0 Å². The molecule has 4 nitrogen and oxygen atoms in total. The van der Waals surface area contributed by atoms with Crippen LogP contribution in [0.15, 0.2) is 12.4 Å². The second kappa shape index (κ2) is 8.03. The summed E-state index contributed by atoms with van der Waals surface area (Å²) in [6.45, 7) is 8.39. The van der Waals surface area contributed by atoms with Gasteiger partial charge in [0.25, 0.3) is 5.82 Å². The normalized spacial score (nSPS) is 9.27. The van der Waals surface area contributed by atoms with E-state index in [0.717, 1.165) is 13.1 Å². The molecule has 0 saturated carbocycles. The van der Waals surface area contributed by atoms with Gasteiger partial charge in [-0.3, -0.25) is 0 Å². The predicted molar refractivity (Wildman–Crippen MR) is 56.0 cm³/mol. The number of imidazole rings is 1. The summed E-state index contributed by atoms with van der Waals surface area (Å²) in [4.78, 5) is 8.25. The lowest BCUT2D eigenvalue weighted by molar-refractivity contribution is -0.702. The van der Waals surface area contributed by atoms with Crippen LogP contribution in [0.1, 0.15) is 32.5 Å². The lowest BCUT2D eigenvalue weighted by atomic mass is 10.4. The zero-order valence-corrected chi connectivity index (χ0v) is 9.77. The second-order valence-corrected chi connectivity index (χ2v) is 3.33. The number of aromatic nitrogens is 2. The van der Waals surface area contributed by atoms with E-state index in [0.29, 0.717) is 0 Å². The molecule has 0 radical (unpaired) electrons. The molecule has 0 N–H and O–H groups in total. The van der Waals surface area contributed by atoms with Gasteiger partial charge in [0.05, 0.1) is 13.1 Å². The molecule has 1 heterocycles. The van der Waals surface area contributed by atoms with Crippen LogP contribution in [-0.4, -0.2) is 11.0 Å². The third kappa shape index (κ3) is 4.63. The summed E-state index contributed by atoms with van der Waals surface area (Å²) >= 11 is 0. The van der Waals surface area contributed by atoms with Gasteiger partial charge in [-0.05, 0) is 12.8 Å². The van der Waals surface area contributed by atoms with E-state index in [2.05, 4.69) is 42.3 Å². The number of carboxylic acid groups (broad SMARTS) is 1. The summed E-state index contributed by atoms with van der Waals surface area (Å²) in [6.07, 6.45) is 6.77. The highest BCUT2D eigenvalue weighted by Gasteiger charge is 2.09. The molecule has 0 aromatic carbocycles. The molecule has 0 amide bonds. The maximum Gasteiger partial charge on any atom is 0.253 e. The Morgan fingerprint density at radius 2 is 2.07 bits per heavy atom. The molecule has 1 aromatic heterocycles. The molecule has 1 rings (SSSR count). The number of hydrogen-bond acceptors (Lipinski definition) is 2. The van der Waals surface area contributed by atoms with Crippen LogP contribution in [0, 0.1) is 6.92 Å². The lowest BCUT2D eigenvalue weighted by Gasteiger charge is -1.97. The molecule has 0 spiro atoms. The van der Waals surface area contributed by atoms with E-state index in [1.54, 1.807) is 0 Å². The van der Waals surface area contributed by atoms with Crippen molar-refractivity contribution in [3.8, 4) is 0 Å². The number of carbonyl (C=O) groups excluding carboxylic acids is 1. The van der Waals surface area contributed by atoms with Gasteiger partial charge < -0.3 is 9.90 Å². The molecule has 0 fully saturated rings. The number of aryl methyl sites for hydroxylation is 2. The van der Waals surface area contributed by atoms with Crippen molar-refractivity contribution in [1.29, 1.82) is 0 Å². The van der Waals surface area contributed by atoms with E-state index in [1.807, 2.05) is 0 Å². The first-order chi connectivity index (χ1) is 7.21. The molecule has 4 heteroatoms. The first-order valence-electron chi connectivity index (χ1n) is 5.32. The molecule has 15 heavy (non-hydrogen) atoms. The summed E-state index contributed by atoms with van der Waals surface area (Å²) in [5, 5.41) is 8.25. The molecule has 0 unspecified atom stereocenters. The van der Waals surface area contributed by atoms with Crippen LogP contribution < -0.4 is 9.67 Å². The van der Waals surface area contributed by atoms with Crippen LogP contribution in [0.5, 0.6) is 0 Å². The predicted octanol–water partition coefficient (Wildman–Crippen LogP) is 0.270. The molecule has 0 atom stereocenters. The van der Waals surface area contributed by atoms with Crippen molar-refractivity contribution >= 4 is 6.47 Å². The van der Waals surface area contributed by atoms with Crippen molar-refractivity contribution in [2.24, 2.45) is 0 Å². The minimum Gasteiger partial charge on any atom is -0.554 e. The summed E-state index contributed by atoms with van der Waals surface area (Å²) in [7, 11) is 0. The Morgan fingerprint density at radius 1 is 1.47 bits per heavy atom. The van der Waals surface area contributed by atoms with Crippen molar-refractivity contribution in [2.45, 2.75) is 46.7 Å². The number of hydrogen-bond donors (Lipinski definition) is 0. The van der Waals surface area contributed by atoms with Gasteiger partial charge in [-0.2, -0.15) is 0 Å². The first-order valence-corrected chi connectivity index (χ1v) is 5.32. The Hall–Kier alpha value is -1.32. The van der Waals surface area contributed by atoms with Crippen molar-refractivity contribution in [1.82, 2.24) is 4.57 Å². The Kier molecular flexibility index (Phi) is 7.32. The standard InChI is InChI=1S/C10H19N2.CH2O2/c1-4-6-11-8-9-12(7-5-2)10(11)3;2-1-3/h8-9H,4-7H2,1-3H3;1H,(H,2,3)/q+1;/p-1. The fraction of sp³-hybridized carbons (Fsp3) is 0.636. The van der Waals surface area contributed by atoms with Crippen molar-refractivity contribution in [3.05, 3.63) is 18.2 Å². The molecule has 0 aliphatic carbocycles. The van der Waals surface area contributed by atoms with Gasteiger partial charge in [-0.15, -0.1) is 0 Å². The third-order valence-corrected chi connectivity index (χ3v) is 2.19. The molecule has 86 valence electrons. The van der Waals surface area contributed by atoms with Gasteiger partial charge in [0.1, 0.15) is 12.4 Å². The van der Waals surface area contributed by atoms with Crippen molar-refractivity contribution in [3.63, 3.8) is 0 Å². The van der Waals surface area contributed by atoms with Gasteiger partial charge in [0, 0.05) is 13.4 Å². The Bertz CT molecular complexity index is 259. The molecule has 0 aliphatic heterocycles. The van der Waals surface area contributed by atoms with Crippen LogP contribution in [0.2, 0.25) is 0 Å². The summed E-state index contributed by atoms with van der Waals surface area (Å²) in [6, 6.07) is 0. The van der Waals surface area contributed by atoms with E-state index in [-0.39, 0.29) is 0 Å². The Balaban J connectivity index is 0.000000583. The summed E-state index contributed by atoms with van der Waals surface area (Å²) in [5.74, 6) is 1.37. The van der Waals surface area contributed by atoms with Crippen molar-refractivity contribution < 1.29 is 14.5 Å². The quantitative estimate of drug-likeness (QED) is 0.531. The lowest BCUT2D eigenvalue weighted by Crippen LogP contribution is -2.35. The van der Waals surface area contributed by atoms with Gasteiger partial charge in [0.15, 0.2) is 0 Å². The molecular weight excluding hydrogens is 192 g/mol. The van der Waals surface area contributed by atoms with Crippen LogP contribution in [0.4, 0.5) is 0 Å². The van der Waals surface area contributed by atoms with E-state index < -0.39 is 6.47 Å². The average molecular weight is 212 g/mol. The zero-order valence-electron chi connectivity index (χ0n) is 9.77. The van der Waals surface area contributed by atoms with E-state index in [9.17, 15) is 0 Å². The SMILES string of the molecule is CCCn1cc[n+](CCC)c1C.O=C[O-]. The van der Waals surface area contributed by atoms with Gasteiger partial charge in [0.2, 0.25) is 0 Å². The molecule has 1 aromatic rings. The average Bonchev–Trinajstić information content (AvgIpc) is 2.53. The van der Waals surface area contributed by atoms with Gasteiger partial charge >= 0.3 is 0 Å². The molecular formula is C11H20N2O2. The van der Waals surface area contributed by atoms with Gasteiger partial charge in [-0.1, -0.05) is 13.8 Å². The zero-order chi connectivity index (χ0) is 11.7. The molecule has 0 aliphatic rings. The highest BCUT2D eigenvalue weighted by Crippen LogP contribution is 1.95. The smallest absolute Gasteiger partial charge is 0.253 e. The number of carbonyl (C=O) groups is 1. The third-order valence-electron chi connectivity index (χ3n) is 2.19. The van der Waals surface area contributed by atoms with Gasteiger partial charge in [-0.25, -0.2) is 9.13 Å². The topological polar surface area (TPSA) is 48.9 Å². The fourth-order valence-electron chi connectivity index (χ4n) is 1.50. The minimum absolute atomic E-state index is 0.500. The van der Waals surface area contributed by atoms with Crippen LogP contribution in [-0.2, 0) is 17.9 Å². The van der Waals surface area contributed by atoms with E-state index in [1.165, 1.54) is 18.7 Å².